The van der Waals surface area contributed by atoms with Crippen molar-refractivity contribution in [2.75, 3.05) is 21.9 Å². The third-order valence-corrected chi connectivity index (χ3v) is 7.78. The fourth-order valence-electron chi connectivity index (χ4n) is 3.20. The first kappa shape index (κ1) is 22.9. The normalized spacial score (nSPS) is 18.3. The number of anilines is 2. The first-order chi connectivity index (χ1) is 14.5. The highest BCUT2D eigenvalue weighted by molar-refractivity contribution is 7.94. The lowest BCUT2D eigenvalue weighted by atomic mass is 10.2. The van der Waals surface area contributed by atoms with Crippen LogP contribution in [0.2, 0.25) is 0 Å². The summed E-state index contributed by atoms with van der Waals surface area (Å²) in [7, 11) is -6.82. The number of carbonyl (C=O) groups excluding carboxylic acids is 1. The van der Waals surface area contributed by atoms with Crippen molar-refractivity contribution in [3.05, 3.63) is 42.5 Å². The second-order valence-corrected chi connectivity index (χ2v) is 10.9. The van der Waals surface area contributed by atoms with Crippen LogP contribution < -0.4 is 18.5 Å². The predicted molar refractivity (Wildman–Crippen MR) is 116 cm³/mol. The van der Waals surface area contributed by atoms with E-state index in [1.807, 2.05) is 13.8 Å². The maximum atomic E-state index is 13.2. The molecule has 0 bridgehead atoms. The zero-order chi connectivity index (χ0) is 23.0. The summed E-state index contributed by atoms with van der Waals surface area (Å²) in [5, 5.41) is 0. The monoisotopic (exact) mass is 468 g/mol. The molecule has 31 heavy (non-hydrogen) atoms. The van der Waals surface area contributed by atoms with Gasteiger partial charge in [-0.3, -0.25) is 9.52 Å². The van der Waals surface area contributed by atoms with Crippen LogP contribution in [0.1, 0.15) is 20.8 Å². The van der Waals surface area contributed by atoms with E-state index in [9.17, 15) is 21.6 Å². The molecule has 1 N–H and O–H groups in total. The van der Waals surface area contributed by atoms with Crippen LogP contribution in [0.15, 0.2) is 47.4 Å². The highest BCUT2D eigenvalue weighted by Crippen LogP contribution is 2.35. The van der Waals surface area contributed by atoms with E-state index < -0.39 is 31.9 Å². The number of hydrogen-bond donors (Lipinski definition) is 1. The van der Waals surface area contributed by atoms with E-state index in [2.05, 4.69) is 4.72 Å². The van der Waals surface area contributed by atoms with Crippen molar-refractivity contribution in [3.63, 3.8) is 0 Å². The lowest BCUT2D eigenvalue weighted by Gasteiger charge is -2.19. The number of methoxy groups -OCH3 is 1. The summed E-state index contributed by atoms with van der Waals surface area (Å²) >= 11 is 0. The van der Waals surface area contributed by atoms with Crippen LogP contribution in [0.25, 0.3) is 0 Å². The van der Waals surface area contributed by atoms with Gasteiger partial charge in [0.05, 0.1) is 36.3 Å². The van der Waals surface area contributed by atoms with Crippen molar-refractivity contribution in [1.82, 2.24) is 0 Å². The minimum absolute atomic E-state index is 0.00407. The fraction of sp³-hybridized carbons (Fsp3) is 0.350. The summed E-state index contributed by atoms with van der Waals surface area (Å²) in [6, 6.07) is 10.3. The van der Waals surface area contributed by atoms with Crippen molar-refractivity contribution < 1.29 is 31.1 Å². The van der Waals surface area contributed by atoms with Crippen LogP contribution in [0.5, 0.6) is 11.5 Å². The zero-order valence-electron chi connectivity index (χ0n) is 17.5. The number of rotatable bonds is 7. The van der Waals surface area contributed by atoms with Gasteiger partial charge in [0.2, 0.25) is 15.9 Å². The predicted octanol–water partition coefficient (Wildman–Crippen LogP) is 2.60. The molecule has 2 aromatic rings. The number of nitrogens with one attached hydrogen (secondary N) is 1. The lowest BCUT2D eigenvalue weighted by molar-refractivity contribution is -0.119. The minimum atomic E-state index is -4.22. The van der Waals surface area contributed by atoms with E-state index in [0.717, 1.165) is 6.07 Å². The summed E-state index contributed by atoms with van der Waals surface area (Å²) in [6.07, 6.45) is -0.183. The Morgan fingerprint density at radius 2 is 1.81 bits per heavy atom. The number of sulfonamides is 2. The maximum Gasteiger partial charge on any atom is 0.265 e. The molecule has 1 aliphatic heterocycles. The number of hydrogen-bond acceptors (Lipinski definition) is 7. The van der Waals surface area contributed by atoms with Crippen molar-refractivity contribution in [2.24, 2.45) is 5.92 Å². The molecule has 1 saturated heterocycles. The number of benzene rings is 2. The van der Waals surface area contributed by atoms with Crippen LogP contribution in [0, 0.1) is 5.92 Å². The summed E-state index contributed by atoms with van der Waals surface area (Å²) in [6.45, 7) is 5.13. The molecule has 1 aliphatic rings. The van der Waals surface area contributed by atoms with Gasteiger partial charge in [-0.15, -0.1) is 0 Å². The highest BCUT2D eigenvalue weighted by Gasteiger charge is 2.42. The molecule has 0 aliphatic carbocycles. The van der Waals surface area contributed by atoms with E-state index in [1.54, 1.807) is 24.3 Å². The first-order valence-electron chi connectivity index (χ1n) is 9.49. The summed E-state index contributed by atoms with van der Waals surface area (Å²) in [5.74, 6) is -1.33. The molecule has 0 spiro atoms. The summed E-state index contributed by atoms with van der Waals surface area (Å²) in [4.78, 5) is 12.1. The number of nitrogens with zero attached hydrogens (tertiary/aromatic N) is 1. The Bertz CT molecular complexity index is 1210. The van der Waals surface area contributed by atoms with Crippen LogP contribution in [0.3, 0.4) is 0 Å². The quantitative estimate of drug-likeness (QED) is 0.663. The smallest absolute Gasteiger partial charge is 0.265 e. The van der Waals surface area contributed by atoms with Crippen LogP contribution >= 0.6 is 0 Å². The molecule has 1 unspecified atom stereocenters. The van der Waals surface area contributed by atoms with E-state index in [1.165, 1.54) is 26.2 Å². The Labute approximate surface area is 182 Å². The third-order valence-electron chi connectivity index (χ3n) is 4.53. The standard InChI is InChI=1S/C20H24N2O7S2/c1-13(2)29-17-8-6-5-7-16(17)21-31(26,27)19-11-15(9-10-18(19)28-4)22-20(23)14(3)12-30(22,24)25/h5-11,13-14,21H,12H2,1-4H3. The fourth-order valence-corrected chi connectivity index (χ4v) is 6.27. The van der Waals surface area contributed by atoms with Crippen molar-refractivity contribution in [3.8, 4) is 11.5 Å². The largest absolute Gasteiger partial charge is 0.495 e. The summed E-state index contributed by atoms with van der Waals surface area (Å²) in [5.41, 5.74) is 0.143. The Balaban J connectivity index is 2.06. The topological polar surface area (TPSA) is 119 Å². The molecule has 1 fully saturated rings. The molecule has 2 aromatic carbocycles. The SMILES string of the molecule is COc1ccc(N2C(=O)C(C)CS2(=O)=O)cc1S(=O)(=O)Nc1ccccc1OC(C)C. The van der Waals surface area contributed by atoms with Crippen LogP contribution in [-0.4, -0.2) is 41.7 Å². The van der Waals surface area contributed by atoms with E-state index in [4.69, 9.17) is 9.47 Å². The van der Waals surface area contributed by atoms with Crippen molar-refractivity contribution in [2.45, 2.75) is 31.8 Å². The van der Waals surface area contributed by atoms with Crippen LogP contribution in [0.4, 0.5) is 11.4 Å². The molecule has 9 nitrogen and oxygen atoms in total. The Hall–Kier alpha value is -2.79. The molecule has 11 heteroatoms. The Kier molecular flexibility index (Phi) is 6.19. The summed E-state index contributed by atoms with van der Waals surface area (Å²) < 4.78 is 65.2. The maximum absolute atomic E-state index is 13.2. The highest BCUT2D eigenvalue weighted by atomic mass is 32.2. The molecule has 1 amide bonds. The van der Waals surface area contributed by atoms with Gasteiger partial charge in [0.25, 0.3) is 10.0 Å². The number of ether oxygens (including phenoxy) is 2. The average molecular weight is 469 g/mol. The molecule has 168 valence electrons. The van der Waals surface area contributed by atoms with Gasteiger partial charge >= 0.3 is 0 Å². The Morgan fingerprint density at radius 3 is 2.39 bits per heavy atom. The van der Waals surface area contributed by atoms with E-state index >= 15 is 0 Å². The van der Waals surface area contributed by atoms with Crippen molar-refractivity contribution in [1.29, 1.82) is 0 Å². The van der Waals surface area contributed by atoms with E-state index in [-0.39, 0.29) is 33.9 Å². The number of para-hydroxylation sites is 2. The van der Waals surface area contributed by atoms with Gasteiger partial charge in [-0.2, -0.15) is 0 Å². The lowest BCUT2D eigenvalue weighted by Crippen LogP contribution is -2.30. The molecule has 1 atom stereocenters. The third kappa shape index (κ3) is 4.62. The molecule has 0 saturated carbocycles. The van der Waals surface area contributed by atoms with Gasteiger partial charge in [0.1, 0.15) is 16.4 Å². The first-order valence-corrected chi connectivity index (χ1v) is 12.6. The van der Waals surface area contributed by atoms with E-state index in [0.29, 0.717) is 10.1 Å². The van der Waals surface area contributed by atoms with Gasteiger partial charge in [-0.25, -0.2) is 21.1 Å². The molecule has 3 rings (SSSR count). The number of carbonyl (C=O) groups is 1. The minimum Gasteiger partial charge on any atom is -0.495 e. The second kappa shape index (κ2) is 8.39. The Morgan fingerprint density at radius 1 is 1.13 bits per heavy atom. The molecule has 0 radical (unpaired) electrons. The second-order valence-electron chi connectivity index (χ2n) is 7.39. The van der Waals surface area contributed by atoms with Crippen LogP contribution in [-0.2, 0) is 24.8 Å². The molecular weight excluding hydrogens is 444 g/mol. The average Bonchev–Trinajstić information content (AvgIpc) is 2.89. The van der Waals surface area contributed by atoms with Gasteiger partial charge in [-0.1, -0.05) is 19.1 Å². The van der Waals surface area contributed by atoms with Gasteiger partial charge < -0.3 is 9.47 Å². The zero-order valence-corrected chi connectivity index (χ0v) is 19.2. The van der Waals surface area contributed by atoms with Gasteiger partial charge in [-0.05, 0) is 44.2 Å². The van der Waals surface area contributed by atoms with Gasteiger partial charge in [0, 0.05) is 0 Å². The molecular formula is C20H24N2O7S2. The molecule has 0 aromatic heterocycles. The number of amides is 1. The van der Waals surface area contributed by atoms with Crippen molar-refractivity contribution >= 4 is 37.3 Å². The van der Waals surface area contributed by atoms with Gasteiger partial charge in [0.15, 0.2) is 0 Å². The molecule has 1 heterocycles.